The van der Waals surface area contributed by atoms with Crippen molar-refractivity contribution in [1.82, 2.24) is 5.32 Å². The van der Waals surface area contributed by atoms with Crippen LogP contribution in [-0.2, 0) is 4.79 Å². The number of rotatable bonds is 4. The van der Waals surface area contributed by atoms with Crippen molar-refractivity contribution in [1.29, 1.82) is 0 Å². The molecule has 0 heterocycles. The third kappa shape index (κ3) is 3.89. The van der Waals surface area contributed by atoms with Gasteiger partial charge in [-0.2, -0.15) is 0 Å². The Hall–Kier alpha value is -0.740. The van der Waals surface area contributed by atoms with E-state index in [0.717, 1.165) is 17.3 Å². The number of carbonyl (C=O) groups excluding carboxylic acids is 1. The number of benzene rings is 1. The van der Waals surface area contributed by atoms with Crippen LogP contribution in [0.2, 0.25) is 5.02 Å². The topological polar surface area (TPSA) is 38.3 Å². The first kappa shape index (κ1) is 13.7. The maximum atomic E-state index is 11.7. The molecule has 1 saturated carbocycles. The van der Waals surface area contributed by atoms with Crippen molar-refractivity contribution in [3.63, 3.8) is 0 Å². The second-order valence-corrected chi connectivity index (χ2v) is 5.74. The Morgan fingerprint density at radius 1 is 1.44 bits per heavy atom. The average Bonchev–Trinajstić information content (AvgIpc) is 2.83. The molecule has 1 aromatic rings. The van der Waals surface area contributed by atoms with Crippen LogP contribution in [-0.4, -0.2) is 18.6 Å². The highest BCUT2D eigenvalue weighted by Crippen LogP contribution is 2.27. The minimum atomic E-state index is -0.0852. The van der Waals surface area contributed by atoms with Crippen LogP contribution in [0.4, 0.5) is 0 Å². The third-order valence-corrected chi connectivity index (χ3v) is 3.78. The number of halogens is 2. The summed E-state index contributed by atoms with van der Waals surface area (Å²) in [6, 6.07) is 5.63. The predicted octanol–water partition coefficient (Wildman–Crippen LogP) is 3.54. The van der Waals surface area contributed by atoms with Gasteiger partial charge in [0.2, 0.25) is 0 Å². The van der Waals surface area contributed by atoms with Crippen molar-refractivity contribution in [2.24, 2.45) is 0 Å². The standard InChI is InChI=1S/C13H15BrClNO2/c14-9-5-6-11(15)12(7-9)18-8-13(17)16-10-3-1-2-4-10/h5-7,10H,1-4,8H2,(H,16,17). The Morgan fingerprint density at radius 2 is 2.17 bits per heavy atom. The van der Waals surface area contributed by atoms with E-state index in [2.05, 4.69) is 21.2 Å². The molecule has 0 aromatic heterocycles. The Morgan fingerprint density at radius 3 is 2.89 bits per heavy atom. The molecule has 1 aliphatic carbocycles. The van der Waals surface area contributed by atoms with Gasteiger partial charge in [0.25, 0.3) is 5.91 Å². The minimum Gasteiger partial charge on any atom is -0.482 e. The molecule has 5 heteroatoms. The van der Waals surface area contributed by atoms with E-state index < -0.39 is 0 Å². The molecule has 0 bridgehead atoms. The molecule has 1 fully saturated rings. The fourth-order valence-corrected chi connectivity index (χ4v) is 2.58. The molecule has 98 valence electrons. The van der Waals surface area contributed by atoms with Crippen molar-refractivity contribution < 1.29 is 9.53 Å². The highest BCUT2D eigenvalue weighted by molar-refractivity contribution is 9.10. The summed E-state index contributed by atoms with van der Waals surface area (Å²) in [5, 5.41) is 3.47. The van der Waals surface area contributed by atoms with Gasteiger partial charge in [0.05, 0.1) is 5.02 Å². The Bertz CT molecular complexity index is 433. The lowest BCUT2D eigenvalue weighted by Crippen LogP contribution is -2.36. The summed E-state index contributed by atoms with van der Waals surface area (Å²) in [5.74, 6) is 0.436. The van der Waals surface area contributed by atoms with Gasteiger partial charge in [0.1, 0.15) is 5.75 Å². The Labute approximate surface area is 120 Å². The summed E-state index contributed by atoms with van der Waals surface area (Å²) < 4.78 is 6.29. The molecule has 0 atom stereocenters. The van der Waals surface area contributed by atoms with Crippen molar-refractivity contribution in [2.45, 2.75) is 31.7 Å². The molecule has 0 spiro atoms. The molecular weight excluding hydrogens is 318 g/mol. The minimum absolute atomic E-state index is 0.00662. The van der Waals surface area contributed by atoms with E-state index in [1.54, 1.807) is 12.1 Å². The average molecular weight is 333 g/mol. The zero-order valence-electron chi connectivity index (χ0n) is 9.92. The summed E-state index contributed by atoms with van der Waals surface area (Å²) in [4.78, 5) is 11.7. The van der Waals surface area contributed by atoms with E-state index in [4.69, 9.17) is 16.3 Å². The summed E-state index contributed by atoms with van der Waals surface area (Å²) in [7, 11) is 0. The smallest absolute Gasteiger partial charge is 0.258 e. The van der Waals surface area contributed by atoms with Gasteiger partial charge in [0, 0.05) is 10.5 Å². The van der Waals surface area contributed by atoms with Crippen LogP contribution < -0.4 is 10.1 Å². The number of ether oxygens (including phenoxy) is 1. The summed E-state index contributed by atoms with van der Waals surface area (Å²) in [5.41, 5.74) is 0. The molecule has 3 nitrogen and oxygen atoms in total. The SMILES string of the molecule is O=C(COc1cc(Br)ccc1Cl)NC1CCCC1. The molecule has 1 aliphatic rings. The Balaban J connectivity index is 1.83. The van der Waals surface area contributed by atoms with Gasteiger partial charge in [-0.1, -0.05) is 40.4 Å². The van der Waals surface area contributed by atoms with Crippen LogP contribution in [0.15, 0.2) is 22.7 Å². The Kier molecular flexibility index (Phi) is 4.89. The molecule has 0 radical (unpaired) electrons. The summed E-state index contributed by atoms with van der Waals surface area (Å²) >= 11 is 9.31. The van der Waals surface area contributed by atoms with E-state index in [1.165, 1.54) is 12.8 Å². The van der Waals surface area contributed by atoms with Gasteiger partial charge >= 0.3 is 0 Å². The molecule has 2 rings (SSSR count). The third-order valence-electron chi connectivity index (χ3n) is 2.97. The van der Waals surface area contributed by atoms with Crippen LogP contribution in [0.3, 0.4) is 0 Å². The van der Waals surface area contributed by atoms with Crippen LogP contribution in [0.25, 0.3) is 0 Å². The molecule has 0 aliphatic heterocycles. The molecule has 1 N–H and O–H groups in total. The van der Waals surface area contributed by atoms with Crippen LogP contribution >= 0.6 is 27.5 Å². The van der Waals surface area contributed by atoms with Crippen LogP contribution in [0.1, 0.15) is 25.7 Å². The lowest BCUT2D eigenvalue weighted by Gasteiger charge is -2.13. The number of nitrogens with one attached hydrogen (secondary N) is 1. The number of hydrogen-bond donors (Lipinski definition) is 1. The predicted molar refractivity (Wildman–Crippen MR) is 75.0 cm³/mol. The van der Waals surface area contributed by atoms with E-state index in [0.29, 0.717) is 16.8 Å². The first-order valence-electron chi connectivity index (χ1n) is 6.02. The van der Waals surface area contributed by atoms with Gasteiger partial charge in [0.15, 0.2) is 6.61 Å². The van der Waals surface area contributed by atoms with E-state index in [-0.39, 0.29) is 12.5 Å². The first-order chi connectivity index (χ1) is 8.65. The van der Waals surface area contributed by atoms with Crippen molar-refractivity contribution >= 4 is 33.4 Å². The maximum Gasteiger partial charge on any atom is 0.258 e. The number of amides is 1. The molecule has 0 saturated heterocycles. The maximum absolute atomic E-state index is 11.7. The van der Waals surface area contributed by atoms with Crippen LogP contribution in [0, 0.1) is 0 Å². The summed E-state index contributed by atoms with van der Waals surface area (Å²) in [6.45, 7) is 0.00662. The molecular formula is C13H15BrClNO2. The number of carbonyl (C=O) groups is 1. The monoisotopic (exact) mass is 331 g/mol. The van der Waals surface area contributed by atoms with E-state index in [9.17, 15) is 4.79 Å². The van der Waals surface area contributed by atoms with Crippen molar-refractivity contribution in [2.75, 3.05) is 6.61 Å². The molecule has 0 unspecified atom stereocenters. The van der Waals surface area contributed by atoms with E-state index >= 15 is 0 Å². The van der Waals surface area contributed by atoms with Gasteiger partial charge in [-0.3, -0.25) is 4.79 Å². The molecule has 18 heavy (non-hydrogen) atoms. The zero-order chi connectivity index (χ0) is 13.0. The molecule has 1 amide bonds. The second-order valence-electron chi connectivity index (χ2n) is 4.41. The van der Waals surface area contributed by atoms with Gasteiger partial charge in [-0.15, -0.1) is 0 Å². The van der Waals surface area contributed by atoms with Crippen molar-refractivity contribution in [3.8, 4) is 5.75 Å². The highest BCUT2D eigenvalue weighted by atomic mass is 79.9. The normalized spacial score (nSPS) is 15.7. The summed E-state index contributed by atoms with van der Waals surface area (Å²) in [6.07, 6.45) is 4.54. The fourth-order valence-electron chi connectivity index (χ4n) is 2.07. The van der Waals surface area contributed by atoms with Gasteiger partial charge in [-0.05, 0) is 31.0 Å². The molecule has 1 aromatic carbocycles. The van der Waals surface area contributed by atoms with Gasteiger partial charge < -0.3 is 10.1 Å². The van der Waals surface area contributed by atoms with Crippen LogP contribution in [0.5, 0.6) is 5.75 Å². The first-order valence-corrected chi connectivity index (χ1v) is 7.19. The lowest BCUT2D eigenvalue weighted by molar-refractivity contribution is -0.123. The number of hydrogen-bond acceptors (Lipinski definition) is 2. The largest absolute Gasteiger partial charge is 0.482 e. The van der Waals surface area contributed by atoms with E-state index in [1.807, 2.05) is 6.07 Å². The highest BCUT2D eigenvalue weighted by Gasteiger charge is 2.17. The van der Waals surface area contributed by atoms with Gasteiger partial charge in [-0.25, -0.2) is 0 Å². The van der Waals surface area contributed by atoms with Crippen molar-refractivity contribution in [3.05, 3.63) is 27.7 Å². The quantitative estimate of drug-likeness (QED) is 0.916. The lowest BCUT2D eigenvalue weighted by atomic mass is 10.2. The second kappa shape index (κ2) is 6.43. The zero-order valence-corrected chi connectivity index (χ0v) is 12.3. The fraction of sp³-hybridized carbons (Fsp3) is 0.462.